The highest BCUT2D eigenvalue weighted by Crippen LogP contribution is 2.25. The van der Waals surface area contributed by atoms with E-state index in [0.29, 0.717) is 25.0 Å². The van der Waals surface area contributed by atoms with Crippen molar-refractivity contribution in [3.63, 3.8) is 0 Å². The fourth-order valence-corrected chi connectivity index (χ4v) is 5.63. The van der Waals surface area contributed by atoms with E-state index in [4.69, 9.17) is 0 Å². The molecule has 1 aromatic carbocycles. The van der Waals surface area contributed by atoms with Gasteiger partial charge in [0.25, 0.3) is 0 Å². The number of aryl methyl sites for hydroxylation is 2. The lowest BCUT2D eigenvalue weighted by atomic mass is 9.95. The second-order valence-electron chi connectivity index (χ2n) is 8.61. The second-order valence-corrected chi connectivity index (χ2v) is 10.6. The van der Waals surface area contributed by atoms with Crippen LogP contribution in [-0.2, 0) is 29.3 Å². The zero-order chi connectivity index (χ0) is 19.4. The summed E-state index contributed by atoms with van der Waals surface area (Å²) in [6.07, 6.45) is 9.37. The standard InChI is InChI=1S/C22H36N2O2S.ClH/c1-4-12-23(17-19-10-13-24(14-11-19)27(3,25)26)18(2)15-20-8-9-21-6-5-7-22(21)16-20;/h8-9,16,18-19H,4-7,10-15,17H2,1-3H3;1H. The van der Waals surface area contributed by atoms with E-state index in [1.807, 2.05) is 0 Å². The van der Waals surface area contributed by atoms with Crippen LogP contribution in [-0.4, -0.2) is 56.1 Å². The van der Waals surface area contributed by atoms with Crippen LogP contribution in [0.3, 0.4) is 0 Å². The normalized spacial score (nSPS) is 19.4. The van der Waals surface area contributed by atoms with Crippen molar-refractivity contribution in [1.29, 1.82) is 0 Å². The lowest BCUT2D eigenvalue weighted by Crippen LogP contribution is -2.44. The first kappa shape index (κ1) is 23.7. The van der Waals surface area contributed by atoms with Gasteiger partial charge in [0.2, 0.25) is 10.0 Å². The van der Waals surface area contributed by atoms with Gasteiger partial charge in [-0.05, 0) is 81.0 Å². The number of nitrogens with zero attached hydrogens (tertiary/aromatic N) is 2. The number of sulfonamides is 1. The minimum Gasteiger partial charge on any atom is -0.300 e. The maximum atomic E-state index is 11.7. The number of fused-ring (bicyclic) bond motifs is 1. The molecule has 2 aliphatic rings. The number of hydrogen-bond donors (Lipinski definition) is 0. The van der Waals surface area contributed by atoms with Gasteiger partial charge in [-0.1, -0.05) is 25.1 Å². The van der Waals surface area contributed by atoms with E-state index in [1.54, 1.807) is 15.4 Å². The topological polar surface area (TPSA) is 40.6 Å². The molecule has 0 bridgehead atoms. The summed E-state index contributed by atoms with van der Waals surface area (Å²) in [6, 6.07) is 7.63. The van der Waals surface area contributed by atoms with Crippen molar-refractivity contribution in [1.82, 2.24) is 9.21 Å². The van der Waals surface area contributed by atoms with Crippen LogP contribution >= 0.6 is 12.4 Å². The lowest BCUT2D eigenvalue weighted by molar-refractivity contribution is 0.146. The summed E-state index contributed by atoms with van der Waals surface area (Å²) in [6.45, 7) is 8.19. The van der Waals surface area contributed by atoms with Gasteiger partial charge in [-0.2, -0.15) is 0 Å². The molecule has 1 saturated heterocycles. The molecule has 0 N–H and O–H groups in total. The number of benzene rings is 1. The van der Waals surface area contributed by atoms with E-state index in [1.165, 1.54) is 31.1 Å². The molecule has 0 saturated carbocycles. The van der Waals surface area contributed by atoms with Crippen molar-refractivity contribution in [2.75, 3.05) is 32.4 Å². The Morgan fingerprint density at radius 3 is 2.50 bits per heavy atom. The molecule has 0 aromatic heterocycles. The molecule has 0 spiro atoms. The van der Waals surface area contributed by atoms with Crippen LogP contribution in [0.2, 0.25) is 0 Å². The van der Waals surface area contributed by atoms with Crippen LogP contribution in [0.1, 0.15) is 56.2 Å². The van der Waals surface area contributed by atoms with Gasteiger partial charge in [0, 0.05) is 25.7 Å². The molecule has 1 unspecified atom stereocenters. The monoisotopic (exact) mass is 428 g/mol. The van der Waals surface area contributed by atoms with E-state index in [9.17, 15) is 8.42 Å². The molecular formula is C22H37ClN2O2S. The highest BCUT2D eigenvalue weighted by Gasteiger charge is 2.27. The molecule has 160 valence electrons. The molecule has 1 atom stereocenters. The molecule has 1 aliphatic carbocycles. The minimum absolute atomic E-state index is 0. The largest absolute Gasteiger partial charge is 0.300 e. The molecule has 1 aliphatic heterocycles. The molecule has 28 heavy (non-hydrogen) atoms. The summed E-state index contributed by atoms with van der Waals surface area (Å²) in [5.41, 5.74) is 4.58. The summed E-state index contributed by atoms with van der Waals surface area (Å²) in [4.78, 5) is 2.63. The van der Waals surface area contributed by atoms with Crippen molar-refractivity contribution >= 4 is 22.4 Å². The summed E-state index contributed by atoms with van der Waals surface area (Å²) in [5, 5.41) is 0. The Bertz CT molecular complexity index is 730. The Morgan fingerprint density at radius 1 is 1.18 bits per heavy atom. The first-order chi connectivity index (χ1) is 12.9. The molecule has 1 heterocycles. The fraction of sp³-hybridized carbons (Fsp3) is 0.727. The Kier molecular flexibility index (Phi) is 8.80. The van der Waals surface area contributed by atoms with Gasteiger partial charge in [0.15, 0.2) is 0 Å². The zero-order valence-electron chi connectivity index (χ0n) is 17.7. The average Bonchev–Trinajstić information content (AvgIpc) is 3.09. The Morgan fingerprint density at radius 2 is 1.86 bits per heavy atom. The van der Waals surface area contributed by atoms with Gasteiger partial charge in [0.05, 0.1) is 6.26 Å². The lowest BCUT2D eigenvalue weighted by Gasteiger charge is -2.36. The molecular weight excluding hydrogens is 392 g/mol. The highest BCUT2D eigenvalue weighted by atomic mass is 35.5. The first-order valence-electron chi connectivity index (χ1n) is 10.7. The predicted octanol–water partition coefficient (Wildman–Crippen LogP) is 3.91. The minimum atomic E-state index is -3.03. The van der Waals surface area contributed by atoms with E-state index in [2.05, 4.69) is 36.9 Å². The summed E-state index contributed by atoms with van der Waals surface area (Å²) in [5.74, 6) is 0.608. The molecule has 3 rings (SSSR count). The van der Waals surface area contributed by atoms with Crippen LogP contribution in [0.25, 0.3) is 0 Å². The van der Waals surface area contributed by atoms with Crippen molar-refractivity contribution in [2.24, 2.45) is 5.92 Å². The second kappa shape index (κ2) is 10.4. The Hall–Kier alpha value is -0.620. The number of hydrogen-bond acceptors (Lipinski definition) is 3. The fourth-order valence-electron chi connectivity index (χ4n) is 4.76. The van der Waals surface area contributed by atoms with E-state index < -0.39 is 10.0 Å². The smallest absolute Gasteiger partial charge is 0.211 e. The predicted molar refractivity (Wildman–Crippen MR) is 120 cm³/mol. The quantitative estimate of drug-likeness (QED) is 0.630. The molecule has 4 nitrogen and oxygen atoms in total. The SMILES string of the molecule is CCCN(CC1CCN(S(C)(=O)=O)CC1)C(C)Cc1ccc2c(c1)CCC2.Cl. The molecule has 0 amide bonds. The van der Waals surface area contributed by atoms with Crippen molar-refractivity contribution < 1.29 is 8.42 Å². The van der Waals surface area contributed by atoms with Crippen LogP contribution in [0.5, 0.6) is 0 Å². The number of halogens is 1. The average molecular weight is 429 g/mol. The van der Waals surface area contributed by atoms with Crippen LogP contribution in [0.15, 0.2) is 18.2 Å². The maximum Gasteiger partial charge on any atom is 0.211 e. The van der Waals surface area contributed by atoms with Gasteiger partial charge in [-0.3, -0.25) is 0 Å². The van der Waals surface area contributed by atoms with Crippen LogP contribution in [0.4, 0.5) is 0 Å². The highest BCUT2D eigenvalue weighted by molar-refractivity contribution is 7.88. The van der Waals surface area contributed by atoms with Gasteiger partial charge in [-0.15, -0.1) is 12.4 Å². The third-order valence-electron chi connectivity index (χ3n) is 6.36. The Balaban J connectivity index is 0.00000280. The van der Waals surface area contributed by atoms with Crippen LogP contribution in [0, 0.1) is 5.92 Å². The molecule has 1 fully saturated rings. The van der Waals surface area contributed by atoms with E-state index >= 15 is 0 Å². The number of rotatable bonds is 8. The Labute approximate surface area is 178 Å². The number of piperidine rings is 1. The first-order valence-corrected chi connectivity index (χ1v) is 12.5. The third kappa shape index (κ3) is 6.19. The van der Waals surface area contributed by atoms with E-state index in [-0.39, 0.29) is 12.4 Å². The summed E-state index contributed by atoms with van der Waals surface area (Å²) in [7, 11) is -3.03. The maximum absolute atomic E-state index is 11.7. The summed E-state index contributed by atoms with van der Waals surface area (Å²) < 4.78 is 25.1. The summed E-state index contributed by atoms with van der Waals surface area (Å²) >= 11 is 0. The van der Waals surface area contributed by atoms with Gasteiger partial charge >= 0.3 is 0 Å². The third-order valence-corrected chi connectivity index (χ3v) is 7.67. The van der Waals surface area contributed by atoms with Gasteiger partial charge in [0.1, 0.15) is 0 Å². The van der Waals surface area contributed by atoms with Crippen molar-refractivity contribution in [3.05, 3.63) is 34.9 Å². The van der Waals surface area contributed by atoms with Crippen LogP contribution < -0.4 is 0 Å². The molecule has 6 heteroatoms. The van der Waals surface area contributed by atoms with Crippen molar-refractivity contribution in [2.45, 2.75) is 64.8 Å². The van der Waals surface area contributed by atoms with E-state index in [0.717, 1.165) is 38.8 Å². The van der Waals surface area contributed by atoms with Gasteiger partial charge in [-0.25, -0.2) is 12.7 Å². The molecule has 0 radical (unpaired) electrons. The van der Waals surface area contributed by atoms with Gasteiger partial charge < -0.3 is 4.90 Å². The zero-order valence-corrected chi connectivity index (χ0v) is 19.3. The van der Waals surface area contributed by atoms with Crippen molar-refractivity contribution in [3.8, 4) is 0 Å². The molecule has 1 aromatic rings.